The second-order valence-corrected chi connectivity index (χ2v) is 6.02. The normalized spacial score (nSPS) is 11.4. The SMILES string of the molecule is CC(C)(C)NCc1ccc(OCc2cccnc2)c(F)c1. The summed E-state index contributed by atoms with van der Waals surface area (Å²) in [7, 11) is 0. The molecule has 0 fully saturated rings. The summed E-state index contributed by atoms with van der Waals surface area (Å²) in [5, 5.41) is 3.33. The zero-order chi connectivity index (χ0) is 15.3. The van der Waals surface area contributed by atoms with E-state index in [1.54, 1.807) is 18.5 Å². The number of halogens is 1. The van der Waals surface area contributed by atoms with Gasteiger partial charge in [-0.15, -0.1) is 0 Å². The fourth-order valence-electron chi connectivity index (χ4n) is 1.78. The maximum atomic E-state index is 14.0. The largest absolute Gasteiger partial charge is 0.486 e. The van der Waals surface area contributed by atoms with Crippen molar-refractivity contribution in [2.75, 3.05) is 0 Å². The predicted octanol–water partition coefficient (Wildman–Crippen LogP) is 3.69. The molecule has 21 heavy (non-hydrogen) atoms. The maximum absolute atomic E-state index is 14.0. The van der Waals surface area contributed by atoms with Crippen LogP contribution in [-0.4, -0.2) is 10.5 Å². The van der Waals surface area contributed by atoms with Gasteiger partial charge in [-0.25, -0.2) is 4.39 Å². The molecule has 1 N–H and O–H groups in total. The zero-order valence-electron chi connectivity index (χ0n) is 12.7. The van der Waals surface area contributed by atoms with Gasteiger partial charge >= 0.3 is 0 Å². The third-order valence-corrected chi connectivity index (χ3v) is 2.94. The number of rotatable bonds is 5. The van der Waals surface area contributed by atoms with Crippen LogP contribution in [0.15, 0.2) is 42.7 Å². The third-order valence-electron chi connectivity index (χ3n) is 2.94. The molecule has 0 atom stereocenters. The first-order valence-corrected chi connectivity index (χ1v) is 6.99. The van der Waals surface area contributed by atoms with Gasteiger partial charge in [0.1, 0.15) is 6.61 Å². The van der Waals surface area contributed by atoms with Crippen molar-refractivity contribution in [2.45, 2.75) is 39.5 Å². The van der Waals surface area contributed by atoms with Crippen LogP contribution in [0.3, 0.4) is 0 Å². The van der Waals surface area contributed by atoms with Crippen molar-refractivity contribution < 1.29 is 9.13 Å². The molecule has 0 aliphatic heterocycles. The summed E-state index contributed by atoms with van der Waals surface area (Å²) < 4.78 is 19.5. The Balaban J connectivity index is 1.96. The molecule has 0 saturated carbocycles. The number of aromatic nitrogens is 1. The van der Waals surface area contributed by atoms with Gasteiger partial charge in [0, 0.05) is 30.0 Å². The first-order chi connectivity index (χ1) is 9.94. The minimum absolute atomic E-state index is 0.00591. The lowest BCUT2D eigenvalue weighted by atomic mass is 10.1. The Bertz CT molecular complexity index is 579. The summed E-state index contributed by atoms with van der Waals surface area (Å²) in [5.41, 5.74) is 1.82. The number of hydrogen-bond acceptors (Lipinski definition) is 3. The van der Waals surface area contributed by atoms with E-state index in [1.165, 1.54) is 6.07 Å². The van der Waals surface area contributed by atoms with Crippen molar-refractivity contribution in [3.63, 3.8) is 0 Å². The van der Waals surface area contributed by atoms with Gasteiger partial charge in [0.15, 0.2) is 11.6 Å². The first kappa shape index (κ1) is 15.4. The highest BCUT2D eigenvalue weighted by molar-refractivity contribution is 5.29. The molecule has 1 aromatic carbocycles. The van der Waals surface area contributed by atoms with E-state index in [1.807, 2.05) is 18.2 Å². The summed E-state index contributed by atoms with van der Waals surface area (Å²) >= 11 is 0. The minimum Gasteiger partial charge on any atom is -0.486 e. The number of pyridine rings is 1. The summed E-state index contributed by atoms with van der Waals surface area (Å²) in [6, 6.07) is 8.78. The van der Waals surface area contributed by atoms with Crippen LogP contribution in [0.5, 0.6) is 5.75 Å². The lowest BCUT2D eigenvalue weighted by Gasteiger charge is -2.20. The van der Waals surface area contributed by atoms with E-state index >= 15 is 0 Å². The summed E-state index contributed by atoms with van der Waals surface area (Å²) in [6.45, 7) is 7.17. The Hall–Kier alpha value is -1.94. The number of nitrogens with one attached hydrogen (secondary N) is 1. The standard InChI is InChI=1S/C17H21FN2O/c1-17(2,3)20-11-13-6-7-16(15(18)9-13)21-12-14-5-4-8-19-10-14/h4-10,20H,11-12H2,1-3H3. The van der Waals surface area contributed by atoms with Crippen LogP contribution in [0.25, 0.3) is 0 Å². The van der Waals surface area contributed by atoms with Gasteiger partial charge in [-0.3, -0.25) is 4.98 Å². The molecular formula is C17H21FN2O. The van der Waals surface area contributed by atoms with Crippen molar-refractivity contribution in [2.24, 2.45) is 0 Å². The van der Waals surface area contributed by atoms with Gasteiger partial charge in [0.2, 0.25) is 0 Å². The van der Waals surface area contributed by atoms with E-state index in [9.17, 15) is 4.39 Å². The molecule has 2 rings (SSSR count). The average molecular weight is 288 g/mol. The summed E-state index contributed by atoms with van der Waals surface area (Å²) in [6.07, 6.45) is 3.40. The molecule has 0 saturated heterocycles. The van der Waals surface area contributed by atoms with Crippen molar-refractivity contribution >= 4 is 0 Å². The van der Waals surface area contributed by atoms with Crippen LogP contribution in [0.4, 0.5) is 4.39 Å². The fourth-order valence-corrected chi connectivity index (χ4v) is 1.78. The molecule has 1 aromatic heterocycles. The molecular weight excluding hydrogens is 267 g/mol. The van der Waals surface area contributed by atoms with Crippen LogP contribution < -0.4 is 10.1 Å². The lowest BCUT2D eigenvalue weighted by molar-refractivity contribution is 0.289. The lowest BCUT2D eigenvalue weighted by Crippen LogP contribution is -2.35. The Morgan fingerprint density at radius 3 is 2.62 bits per heavy atom. The molecule has 0 unspecified atom stereocenters. The van der Waals surface area contributed by atoms with Gasteiger partial charge in [0.25, 0.3) is 0 Å². The maximum Gasteiger partial charge on any atom is 0.165 e. The first-order valence-electron chi connectivity index (χ1n) is 6.99. The van der Waals surface area contributed by atoms with Crippen molar-refractivity contribution in [3.8, 4) is 5.75 Å². The van der Waals surface area contributed by atoms with E-state index in [-0.39, 0.29) is 17.1 Å². The summed E-state index contributed by atoms with van der Waals surface area (Å²) in [4.78, 5) is 4.00. The number of ether oxygens (including phenoxy) is 1. The smallest absolute Gasteiger partial charge is 0.165 e. The van der Waals surface area contributed by atoms with Gasteiger partial charge in [-0.1, -0.05) is 12.1 Å². The molecule has 0 amide bonds. The van der Waals surface area contributed by atoms with Gasteiger partial charge < -0.3 is 10.1 Å². The van der Waals surface area contributed by atoms with E-state index in [4.69, 9.17) is 4.74 Å². The van der Waals surface area contributed by atoms with Crippen molar-refractivity contribution in [1.29, 1.82) is 0 Å². The van der Waals surface area contributed by atoms with Crippen LogP contribution in [0.1, 0.15) is 31.9 Å². The topological polar surface area (TPSA) is 34.1 Å². The van der Waals surface area contributed by atoms with Gasteiger partial charge in [0.05, 0.1) is 0 Å². The molecule has 112 valence electrons. The van der Waals surface area contributed by atoms with E-state index in [0.29, 0.717) is 13.2 Å². The van der Waals surface area contributed by atoms with E-state index < -0.39 is 0 Å². The van der Waals surface area contributed by atoms with Crippen LogP contribution in [-0.2, 0) is 13.2 Å². The minimum atomic E-state index is -0.341. The Kier molecular flexibility index (Phi) is 4.91. The van der Waals surface area contributed by atoms with Crippen LogP contribution in [0.2, 0.25) is 0 Å². The van der Waals surface area contributed by atoms with E-state index in [2.05, 4.69) is 31.1 Å². The monoisotopic (exact) mass is 288 g/mol. The zero-order valence-corrected chi connectivity index (χ0v) is 12.7. The highest BCUT2D eigenvalue weighted by Crippen LogP contribution is 2.20. The third kappa shape index (κ3) is 5.16. The van der Waals surface area contributed by atoms with E-state index in [0.717, 1.165) is 11.1 Å². The molecule has 2 aromatic rings. The molecule has 0 aliphatic carbocycles. The molecule has 0 spiro atoms. The Morgan fingerprint density at radius 2 is 2.00 bits per heavy atom. The van der Waals surface area contributed by atoms with Crippen molar-refractivity contribution in [3.05, 3.63) is 59.7 Å². The highest BCUT2D eigenvalue weighted by atomic mass is 19.1. The molecule has 4 heteroatoms. The van der Waals surface area contributed by atoms with Gasteiger partial charge in [-0.2, -0.15) is 0 Å². The Morgan fingerprint density at radius 1 is 1.19 bits per heavy atom. The van der Waals surface area contributed by atoms with Gasteiger partial charge in [-0.05, 0) is 44.5 Å². The van der Waals surface area contributed by atoms with Crippen LogP contribution >= 0.6 is 0 Å². The number of hydrogen-bond donors (Lipinski definition) is 1. The molecule has 0 aliphatic rings. The second kappa shape index (κ2) is 6.68. The molecule has 0 radical (unpaired) electrons. The van der Waals surface area contributed by atoms with Crippen LogP contribution in [0, 0.1) is 5.82 Å². The molecule has 0 bridgehead atoms. The molecule has 1 heterocycles. The second-order valence-electron chi connectivity index (χ2n) is 6.02. The fraction of sp³-hybridized carbons (Fsp3) is 0.353. The quantitative estimate of drug-likeness (QED) is 0.911. The average Bonchev–Trinajstić information content (AvgIpc) is 2.44. The summed E-state index contributed by atoms with van der Waals surface area (Å²) in [5.74, 6) is -0.0783. The number of nitrogens with zero attached hydrogens (tertiary/aromatic N) is 1. The predicted molar refractivity (Wildman–Crippen MR) is 81.6 cm³/mol. The van der Waals surface area contributed by atoms with Crippen molar-refractivity contribution in [1.82, 2.24) is 10.3 Å². The Labute approximate surface area is 125 Å². The molecule has 3 nitrogen and oxygen atoms in total. The number of benzene rings is 1. The highest BCUT2D eigenvalue weighted by Gasteiger charge is 2.10.